The Labute approximate surface area is 140 Å². The van der Waals surface area contributed by atoms with Gasteiger partial charge in [0.2, 0.25) is 0 Å². The van der Waals surface area contributed by atoms with Crippen molar-refractivity contribution < 1.29 is 9.53 Å². The summed E-state index contributed by atoms with van der Waals surface area (Å²) in [6.45, 7) is 5.19. The SMILES string of the molecule is C#CC(CC)(CC)c1cc(Br)cc(C(N)=O)c1NCCOC. The van der Waals surface area contributed by atoms with Gasteiger partial charge < -0.3 is 15.8 Å². The minimum Gasteiger partial charge on any atom is -0.383 e. The summed E-state index contributed by atoms with van der Waals surface area (Å²) in [6.07, 6.45) is 7.37. The van der Waals surface area contributed by atoms with E-state index in [0.717, 1.165) is 22.9 Å². The second-order valence-electron chi connectivity index (χ2n) is 5.09. The van der Waals surface area contributed by atoms with E-state index < -0.39 is 11.3 Å². The van der Waals surface area contributed by atoms with E-state index in [1.54, 1.807) is 13.2 Å². The topological polar surface area (TPSA) is 64.4 Å². The fourth-order valence-corrected chi connectivity index (χ4v) is 3.02. The third-order valence-corrected chi connectivity index (χ3v) is 4.43. The molecule has 0 heterocycles. The molecule has 1 aromatic carbocycles. The molecule has 1 amide bonds. The van der Waals surface area contributed by atoms with Gasteiger partial charge in [-0.3, -0.25) is 4.79 Å². The number of hydrogen-bond acceptors (Lipinski definition) is 3. The van der Waals surface area contributed by atoms with Crippen molar-refractivity contribution in [3.63, 3.8) is 0 Å². The van der Waals surface area contributed by atoms with Gasteiger partial charge in [-0.15, -0.1) is 6.42 Å². The molecule has 3 N–H and O–H groups in total. The molecule has 0 aromatic heterocycles. The molecule has 0 aliphatic heterocycles. The summed E-state index contributed by atoms with van der Waals surface area (Å²) in [5.74, 6) is 2.43. The van der Waals surface area contributed by atoms with Gasteiger partial charge in [0.05, 0.1) is 23.3 Å². The van der Waals surface area contributed by atoms with E-state index in [1.165, 1.54) is 0 Å². The van der Waals surface area contributed by atoms with Crippen LogP contribution in [0.15, 0.2) is 16.6 Å². The Morgan fingerprint density at radius 1 is 1.45 bits per heavy atom. The number of ether oxygens (including phenoxy) is 1. The Kier molecular flexibility index (Phi) is 6.92. The molecule has 4 nitrogen and oxygen atoms in total. The van der Waals surface area contributed by atoms with Crippen LogP contribution in [0.25, 0.3) is 0 Å². The maximum absolute atomic E-state index is 11.8. The molecule has 0 fully saturated rings. The van der Waals surface area contributed by atoms with Gasteiger partial charge in [-0.2, -0.15) is 0 Å². The number of amides is 1. The number of nitrogens with two attached hydrogens (primary N) is 1. The second-order valence-corrected chi connectivity index (χ2v) is 6.01. The lowest BCUT2D eigenvalue weighted by Gasteiger charge is -2.30. The molecular formula is C17H23BrN2O2. The van der Waals surface area contributed by atoms with Crippen molar-refractivity contribution in [2.75, 3.05) is 25.6 Å². The minimum absolute atomic E-state index is 0.432. The molecule has 5 heteroatoms. The zero-order valence-corrected chi connectivity index (χ0v) is 14.9. The summed E-state index contributed by atoms with van der Waals surface area (Å²) in [6, 6.07) is 3.68. The van der Waals surface area contributed by atoms with Crippen LogP contribution in [0, 0.1) is 12.3 Å². The van der Waals surface area contributed by atoms with E-state index >= 15 is 0 Å². The number of nitrogens with one attached hydrogen (secondary N) is 1. The van der Waals surface area contributed by atoms with Crippen LogP contribution < -0.4 is 11.1 Å². The van der Waals surface area contributed by atoms with E-state index in [9.17, 15) is 4.79 Å². The third-order valence-electron chi connectivity index (χ3n) is 3.98. The molecule has 0 aliphatic rings. The van der Waals surface area contributed by atoms with E-state index in [2.05, 4.69) is 27.2 Å². The summed E-state index contributed by atoms with van der Waals surface area (Å²) in [7, 11) is 1.63. The molecular weight excluding hydrogens is 344 g/mol. The minimum atomic E-state index is -0.486. The summed E-state index contributed by atoms with van der Waals surface area (Å²) in [5.41, 5.74) is 7.15. The van der Waals surface area contributed by atoms with Crippen molar-refractivity contribution in [1.29, 1.82) is 0 Å². The Hall–Kier alpha value is -1.51. The van der Waals surface area contributed by atoms with Crippen LogP contribution in [0.5, 0.6) is 0 Å². The van der Waals surface area contributed by atoms with Gasteiger partial charge in [-0.1, -0.05) is 35.7 Å². The number of primary amides is 1. The lowest BCUT2D eigenvalue weighted by molar-refractivity contribution is 0.100. The molecule has 1 rings (SSSR count). The highest BCUT2D eigenvalue weighted by atomic mass is 79.9. The van der Waals surface area contributed by atoms with Gasteiger partial charge in [0.1, 0.15) is 0 Å². The zero-order chi connectivity index (χ0) is 16.8. The van der Waals surface area contributed by atoms with Gasteiger partial charge in [0, 0.05) is 18.1 Å². The van der Waals surface area contributed by atoms with Crippen LogP contribution in [0.1, 0.15) is 42.6 Å². The van der Waals surface area contributed by atoms with Crippen LogP contribution >= 0.6 is 15.9 Å². The van der Waals surface area contributed by atoms with Crippen molar-refractivity contribution in [2.45, 2.75) is 32.1 Å². The monoisotopic (exact) mass is 366 g/mol. The van der Waals surface area contributed by atoms with Crippen molar-refractivity contribution >= 4 is 27.5 Å². The van der Waals surface area contributed by atoms with E-state index in [1.807, 2.05) is 19.9 Å². The van der Waals surface area contributed by atoms with Gasteiger partial charge in [-0.25, -0.2) is 0 Å². The molecule has 0 unspecified atom stereocenters. The lowest BCUT2D eigenvalue weighted by atomic mass is 9.75. The lowest BCUT2D eigenvalue weighted by Crippen LogP contribution is -2.27. The van der Waals surface area contributed by atoms with Crippen LogP contribution in [0.2, 0.25) is 0 Å². The Morgan fingerprint density at radius 3 is 2.55 bits per heavy atom. The molecule has 0 aliphatic carbocycles. The normalized spacial score (nSPS) is 11.0. The Bertz CT molecular complexity index is 575. The predicted octanol–water partition coefficient (Wildman–Crippen LogP) is 3.30. The summed E-state index contributed by atoms with van der Waals surface area (Å²) >= 11 is 3.45. The van der Waals surface area contributed by atoms with Crippen molar-refractivity contribution in [1.82, 2.24) is 0 Å². The molecule has 0 bridgehead atoms. The van der Waals surface area contributed by atoms with Gasteiger partial charge in [0.25, 0.3) is 5.91 Å². The summed E-state index contributed by atoms with van der Waals surface area (Å²) in [4.78, 5) is 11.8. The summed E-state index contributed by atoms with van der Waals surface area (Å²) in [5, 5.41) is 3.26. The quantitative estimate of drug-likeness (QED) is 0.547. The standard InChI is InChI=1S/C17H23BrN2O2/c1-5-17(6-2,7-3)14-11-12(18)10-13(16(19)21)15(14)20-8-9-22-4/h1,10-11,20H,6-9H2,2-4H3,(H2,19,21). The molecule has 0 saturated heterocycles. The molecule has 0 atom stereocenters. The van der Waals surface area contributed by atoms with E-state index in [-0.39, 0.29) is 0 Å². The number of rotatable bonds is 8. The van der Waals surface area contributed by atoms with E-state index in [0.29, 0.717) is 24.4 Å². The third kappa shape index (κ3) is 3.82. The van der Waals surface area contributed by atoms with Gasteiger partial charge >= 0.3 is 0 Å². The fraction of sp³-hybridized carbons (Fsp3) is 0.471. The highest BCUT2D eigenvalue weighted by Crippen LogP contribution is 2.39. The summed E-state index contributed by atoms with van der Waals surface area (Å²) < 4.78 is 5.85. The Morgan fingerprint density at radius 2 is 2.09 bits per heavy atom. The van der Waals surface area contributed by atoms with Crippen molar-refractivity contribution in [3.05, 3.63) is 27.7 Å². The van der Waals surface area contributed by atoms with Crippen molar-refractivity contribution in [2.24, 2.45) is 5.73 Å². The number of hydrogen-bond donors (Lipinski definition) is 2. The number of carbonyl (C=O) groups excluding carboxylic acids is 1. The highest BCUT2D eigenvalue weighted by molar-refractivity contribution is 9.10. The maximum atomic E-state index is 11.8. The van der Waals surface area contributed by atoms with Crippen LogP contribution in [0.3, 0.4) is 0 Å². The second kappa shape index (κ2) is 8.21. The van der Waals surface area contributed by atoms with Gasteiger partial charge in [0.15, 0.2) is 0 Å². The average molecular weight is 367 g/mol. The fourth-order valence-electron chi connectivity index (χ4n) is 2.56. The Balaban J connectivity index is 3.53. The number of carbonyl (C=O) groups is 1. The number of anilines is 1. The number of benzene rings is 1. The smallest absolute Gasteiger partial charge is 0.250 e. The average Bonchev–Trinajstić information content (AvgIpc) is 2.51. The molecule has 1 aromatic rings. The van der Waals surface area contributed by atoms with Gasteiger partial charge in [-0.05, 0) is 30.5 Å². The molecule has 120 valence electrons. The molecule has 0 spiro atoms. The molecule has 0 radical (unpaired) electrons. The molecule has 0 saturated carbocycles. The molecule has 22 heavy (non-hydrogen) atoms. The van der Waals surface area contributed by atoms with E-state index in [4.69, 9.17) is 16.9 Å². The number of halogens is 1. The predicted molar refractivity (Wildman–Crippen MR) is 94.1 cm³/mol. The van der Waals surface area contributed by atoms with Crippen LogP contribution in [0.4, 0.5) is 5.69 Å². The first-order valence-corrected chi connectivity index (χ1v) is 8.09. The zero-order valence-electron chi connectivity index (χ0n) is 13.3. The first kappa shape index (κ1) is 18.5. The van der Waals surface area contributed by atoms with Crippen LogP contribution in [-0.4, -0.2) is 26.2 Å². The maximum Gasteiger partial charge on any atom is 0.250 e. The van der Waals surface area contributed by atoms with Crippen molar-refractivity contribution in [3.8, 4) is 12.3 Å². The number of terminal acetylenes is 1. The van der Waals surface area contributed by atoms with Crippen LogP contribution in [-0.2, 0) is 10.2 Å². The first-order valence-electron chi connectivity index (χ1n) is 7.30. The number of methoxy groups -OCH3 is 1. The highest BCUT2D eigenvalue weighted by Gasteiger charge is 2.31. The largest absolute Gasteiger partial charge is 0.383 e. The first-order chi connectivity index (χ1) is 10.5.